The average molecular weight is 443 g/mol. The Bertz CT molecular complexity index is 933. The molecule has 0 saturated carbocycles. The van der Waals surface area contributed by atoms with Crippen LogP contribution in [0.3, 0.4) is 0 Å². The summed E-state index contributed by atoms with van der Waals surface area (Å²) in [6.45, 7) is 6.17. The van der Waals surface area contributed by atoms with Gasteiger partial charge in [-0.25, -0.2) is 0 Å². The molecule has 2 aromatic rings. The van der Waals surface area contributed by atoms with Crippen LogP contribution in [0.4, 0.5) is 0 Å². The minimum absolute atomic E-state index is 0.0292. The molecule has 2 aromatic carbocycles. The van der Waals surface area contributed by atoms with Gasteiger partial charge in [-0.15, -0.1) is 0 Å². The van der Waals surface area contributed by atoms with Crippen LogP contribution in [0, 0.1) is 16.7 Å². The van der Waals surface area contributed by atoms with Crippen LogP contribution >= 0.6 is 23.2 Å². The highest BCUT2D eigenvalue weighted by molar-refractivity contribution is 6.30. The zero-order valence-electron chi connectivity index (χ0n) is 17.7. The molecule has 1 aliphatic rings. The van der Waals surface area contributed by atoms with E-state index < -0.39 is 5.41 Å². The zero-order valence-corrected chi connectivity index (χ0v) is 19.2. The van der Waals surface area contributed by atoms with E-state index in [0.717, 1.165) is 24.0 Å². The van der Waals surface area contributed by atoms with E-state index in [-0.39, 0.29) is 30.3 Å². The van der Waals surface area contributed by atoms with E-state index in [9.17, 15) is 10.1 Å². The minimum atomic E-state index is -0.729. The molecule has 3 atom stereocenters. The number of halogens is 2. The number of benzene rings is 2. The summed E-state index contributed by atoms with van der Waals surface area (Å²) in [7, 11) is 0. The van der Waals surface area contributed by atoms with Gasteiger partial charge in [-0.3, -0.25) is 4.79 Å². The standard InChI is InChI=1S/C25H28Cl2N2O/c1-4-21(5-2)29-23(17-9-11-19(26)12-10-17)22(18-7-6-8-20(27)15-18)16-25(3,13-14-28)24(29)30/h6-12,15,21-23H,4-5,13,16H2,1-3H3/t22-,23-,25+/m1/s1. The van der Waals surface area contributed by atoms with Crippen molar-refractivity contribution in [3.63, 3.8) is 0 Å². The summed E-state index contributed by atoms with van der Waals surface area (Å²) in [4.78, 5) is 15.9. The number of carbonyl (C=O) groups excluding carboxylic acids is 1. The van der Waals surface area contributed by atoms with E-state index in [0.29, 0.717) is 16.5 Å². The molecule has 1 saturated heterocycles. The molecule has 0 radical (unpaired) electrons. The second-order valence-corrected chi connectivity index (χ2v) is 9.31. The normalized spacial score (nSPS) is 24.2. The molecule has 1 fully saturated rings. The maximum Gasteiger partial charge on any atom is 0.230 e. The molecule has 3 nitrogen and oxygen atoms in total. The van der Waals surface area contributed by atoms with Gasteiger partial charge in [0.1, 0.15) is 0 Å². The van der Waals surface area contributed by atoms with Crippen molar-refractivity contribution < 1.29 is 4.79 Å². The fourth-order valence-electron chi connectivity index (χ4n) is 4.80. The second-order valence-electron chi connectivity index (χ2n) is 8.44. The minimum Gasteiger partial charge on any atom is -0.332 e. The Morgan fingerprint density at radius 1 is 1.10 bits per heavy atom. The summed E-state index contributed by atoms with van der Waals surface area (Å²) in [5.74, 6) is 0.0949. The highest BCUT2D eigenvalue weighted by atomic mass is 35.5. The summed E-state index contributed by atoms with van der Waals surface area (Å²) in [6.07, 6.45) is 2.52. The maximum absolute atomic E-state index is 13.8. The number of carbonyl (C=O) groups is 1. The number of likely N-dealkylation sites (tertiary alicyclic amines) is 1. The van der Waals surface area contributed by atoms with Gasteiger partial charge in [-0.1, -0.05) is 61.3 Å². The summed E-state index contributed by atoms with van der Waals surface area (Å²) in [6, 6.07) is 17.9. The number of hydrogen-bond donors (Lipinski definition) is 0. The van der Waals surface area contributed by atoms with Gasteiger partial charge in [0.25, 0.3) is 0 Å². The van der Waals surface area contributed by atoms with Crippen LogP contribution in [-0.4, -0.2) is 16.8 Å². The van der Waals surface area contributed by atoms with Crippen molar-refractivity contribution in [3.05, 3.63) is 69.7 Å². The number of rotatable bonds is 6. The van der Waals surface area contributed by atoms with Crippen LogP contribution in [0.25, 0.3) is 0 Å². The largest absolute Gasteiger partial charge is 0.332 e. The number of nitriles is 1. The van der Waals surface area contributed by atoms with E-state index in [1.54, 1.807) is 0 Å². The monoisotopic (exact) mass is 442 g/mol. The fraction of sp³-hybridized carbons (Fsp3) is 0.440. The lowest BCUT2D eigenvalue weighted by Crippen LogP contribution is -2.55. The first-order valence-electron chi connectivity index (χ1n) is 10.5. The molecular formula is C25H28Cl2N2O. The number of amides is 1. The van der Waals surface area contributed by atoms with Crippen LogP contribution in [0.5, 0.6) is 0 Å². The lowest BCUT2D eigenvalue weighted by Gasteiger charge is -2.51. The first-order valence-corrected chi connectivity index (χ1v) is 11.3. The van der Waals surface area contributed by atoms with E-state index in [4.69, 9.17) is 23.2 Å². The number of nitrogens with zero attached hydrogens (tertiary/aromatic N) is 2. The molecule has 5 heteroatoms. The van der Waals surface area contributed by atoms with Gasteiger partial charge in [0.2, 0.25) is 5.91 Å². The second kappa shape index (κ2) is 9.41. The summed E-state index contributed by atoms with van der Waals surface area (Å²) >= 11 is 12.5. The quantitative estimate of drug-likeness (QED) is 0.476. The molecule has 0 unspecified atom stereocenters. The Kier molecular flexibility index (Phi) is 7.11. The third kappa shape index (κ3) is 4.36. The third-order valence-corrected chi connectivity index (χ3v) is 6.88. The molecule has 158 valence electrons. The lowest BCUT2D eigenvalue weighted by atomic mass is 9.67. The molecule has 30 heavy (non-hydrogen) atoms. The van der Waals surface area contributed by atoms with Crippen LogP contribution in [0.1, 0.15) is 69.5 Å². The average Bonchev–Trinajstić information content (AvgIpc) is 2.73. The van der Waals surface area contributed by atoms with Crippen molar-refractivity contribution in [1.82, 2.24) is 4.90 Å². The summed E-state index contributed by atoms with van der Waals surface area (Å²) < 4.78 is 0. The van der Waals surface area contributed by atoms with Crippen molar-refractivity contribution in [2.24, 2.45) is 5.41 Å². The van der Waals surface area contributed by atoms with Crippen LogP contribution in [0.15, 0.2) is 48.5 Å². The molecule has 0 aliphatic carbocycles. The van der Waals surface area contributed by atoms with E-state index >= 15 is 0 Å². The Morgan fingerprint density at radius 2 is 1.77 bits per heavy atom. The summed E-state index contributed by atoms with van der Waals surface area (Å²) in [5, 5.41) is 10.8. The van der Waals surface area contributed by atoms with E-state index in [1.807, 2.05) is 49.4 Å². The number of piperidine rings is 1. The molecule has 1 aliphatic heterocycles. The van der Waals surface area contributed by atoms with Crippen molar-refractivity contribution in [2.45, 2.75) is 64.5 Å². The highest BCUT2D eigenvalue weighted by Gasteiger charge is 2.51. The first kappa shape index (κ1) is 22.7. The topological polar surface area (TPSA) is 44.1 Å². The van der Waals surface area contributed by atoms with Gasteiger partial charge in [-0.05, 0) is 61.6 Å². The Labute approximate surface area is 189 Å². The molecule has 0 bridgehead atoms. The highest BCUT2D eigenvalue weighted by Crippen LogP contribution is 2.52. The summed E-state index contributed by atoms with van der Waals surface area (Å²) in [5.41, 5.74) is 1.42. The molecule has 3 rings (SSSR count). The molecule has 1 heterocycles. The maximum atomic E-state index is 13.8. The van der Waals surface area contributed by atoms with Gasteiger partial charge in [0.15, 0.2) is 0 Å². The molecule has 1 amide bonds. The van der Waals surface area contributed by atoms with Crippen LogP contribution < -0.4 is 0 Å². The van der Waals surface area contributed by atoms with E-state index in [1.165, 1.54) is 0 Å². The van der Waals surface area contributed by atoms with Gasteiger partial charge in [0, 0.05) is 28.4 Å². The Hall–Kier alpha value is -2.02. The lowest BCUT2D eigenvalue weighted by molar-refractivity contribution is -0.154. The van der Waals surface area contributed by atoms with Crippen molar-refractivity contribution in [2.75, 3.05) is 0 Å². The molecule has 0 aromatic heterocycles. The van der Waals surface area contributed by atoms with Gasteiger partial charge >= 0.3 is 0 Å². The zero-order chi connectivity index (χ0) is 21.9. The predicted octanol–water partition coefficient (Wildman–Crippen LogP) is 7.16. The molecule has 0 N–H and O–H groups in total. The third-order valence-electron chi connectivity index (χ3n) is 6.40. The van der Waals surface area contributed by atoms with Gasteiger partial charge in [0.05, 0.1) is 17.5 Å². The van der Waals surface area contributed by atoms with Crippen LogP contribution in [-0.2, 0) is 4.79 Å². The van der Waals surface area contributed by atoms with Crippen molar-refractivity contribution in [3.8, 4) is 6.07 Å². The van der Waals surface area contributed by atoms with E-state index in [2.05, 4.69) is 30.9 Å². The first-order chi connectivity index (χ1) is 14.3. The van der Waals surface area contributed by atoms with Crippen molar-refractivity contribution in [1.29, 1.82) is 5.26 Å². The van der Waals surface area contributed by atoms with Crippen LogP contribution in [0.2, 0.25) is 10.0 Å². The smallest absolute Gasteiger partial charge is 0.230 e. The van der Waals surface area contributed by atoms with Gasteiger partial charge < -0.3 is 4.90 Å². The number of hydrogen-bond acceptors (Lipinski definition) is 2. The SMILES string of the molecule is CCC(CC)N1C(=O)[C@@](C)(CC#N)C[C@H](c2cccc(Cl)c2)[C@H]1c1ccc(Cl)cc1. The predicted molar refractivity (Wildman–Crippen MR) is 123 cm³/mol. The van der Waals surface area contributed by atoms with Crippen molar-refractivity contribution >= 4 is 29.1 Å². The Balaban J connectivity index is 2.22. The molecule has 0 spiro atoms. The van der Waals surface area contributed by atoms with Gasteiger partial charge in [-0.2, -0.15) is 5.26 Å². The fourth-order valence-corrected chi connectivity index (χ4v) is 5.13. The Morgan fingerprint density at radius 3 is 2.33 bits per heavy atom. The molecular weight excluding hydrogens is 415 g/mol.